The molecular weight excluding hydrogens is 217 g/mol. The van der Waals surface area contributed by atoms with E-state index in [0.29, 0.717) is 0 Å². The van der Waals surface area contributed by atoms with Crippen molar-refractivity contribution in [2.45, 2.75) is 17.2 Å². The molecule has 2 N–H and O–H groups in total. The SMILES string of the molecule is CNC(Sc1ccc(F)cc1C)C(=O)O. The highest BCUT2D eigenvalue weighted by Crippen LogP contribution is 2.25. The predicted molar refractivity (Wildman–Crippen MR) is 57.5 cm³/mol. The summed E-state index contributed by atoms with van der Waals surface area (Å²) in [6, 6.07) is 4.30. The van der Waals surface area contributed by atoms with E-state index in [1.54, 1.807) is 20.0 Å². The fourth-order valence-corrected chi connectivity index (χ4v) is 1.97. The van der Waals surface area contributed by atoms with Gasteiger partial charge in [-0.25, -0.2) is 9.18 Å². The van der Waals surface area contributed by atoms with Crippen molar-refractivity contribution in [3.63, 3.8) is 0 Å². The van der Waals surface area contributed by atoms with Crippen molar-refractivity contribution in [1.82, 2.24) is 5.32 Å². The molecule has 3 nitrogen and oxygen atoms in total. The molecule has 0 bridgehead atoms. The zero-order valence-corrected chi connectivity index (χ0v) is 9.27. The number of thioether (sulfide) groups is 1. The van der Waals surface area contributed by atoms with Crippen LogP contribution < -0.4 is 5.32 Å². The van der Waals surface area contributed by atoms with E-state index in [-0.39, 0.29) is 5.82 Å². The summed E-state index contributed by atoms with van der Waals surface area (Å²) in [5, 5.41) is 10.8. The van der Waals surface area contributed by atoms with Gasteiger partial charge in [-0.05, 0) is 37.7 Å². The maximum Gasteiger partial charge on any atom is 0.331 e. The largest absolute Gasteiger partial charge is 0.479 e. The Morgan fingerprint density at radius 1 is 1.60 bits per heavy atom. The van der Waals surface area contributed by atoms with E-state index in [2.05, 4.69) is 5.32 Å². The lowest BCUT2D eigenvalue weighted by Crippen LogP contribution is -2.30. The Hall–Kier alpha value is -1.07. The molecule has 0 amide bonds. The molecule has 1 aromatic carbocycles. The molecule has 1 aromatic rings. The first-order valence-electron chi connectivity index (χ1n) is 4.37. The molecule has 1 unspecified atom stereocenters. The molecule has 0 heterocycles. The van der Waals surface area contributed by atoms with Crippen LogP contribution in [0.5, 0.6) is 0 Å². The van der Waals surface area contributed by atoms with Crippen molar-refractivity contribution in [2.75, 3.05) is 7.05 Å². The number of hydrogen-bond donors (Lipinski definition) is 2. The molecule has 0 fully saturated rings. The van der Waals surface area contributed by atoms with Gasteiger partial charge in [-0.1, -0.05) is 11.8 Å². The van der Waals surface area contributed by atoms with Crippen LogP contribution in [-0.2, 0) is 4.79 Å². The monoisotopic (exact) mass is 229 g/mol. The zero-order valence-electron chi connectivity index (χ0n) is 8.45. The number of benzene rings is 1. The van der Waals surface area contributed by atoms with Crippen LogP contribution in [0.1, 0.15) is 5.56 Å². The van der Waals surface area contributed by atoms with Gasteiger partial charge in [-0.15, -0.1) is 0 Å². The number of halogens is 1. The van der Waals surface area contributed by atoms with Crippen LogP contribution in [-0.4, -0.2) is 23.5 Å². The van der Waals surface area contributed by atoms with Gasteiger partial charge >= 0.3 is 5.97 Å². The maximum atomic E-state index is 12.8. The highest BCUT2D eigenvalue weighted by molar-refractivity contribution is 8.00. The number of likely N-dealkylation sites (N-methyl/N-ethyl adjacent to an activating group) is 1. The molecule has 1 atom stereocenters. The Balaban J connectivity index is 2.84. The first-order valence-corrected chi connectivity index (χ1v) is 5.25. The fraction of sp³-hybridized carbons (Fsp3) is 0.300. The van der Waals surface area contributed by atoms with E-state index in [9.17, 15) is 9.18 Å². The minimum absolute atomic E-state index is 0.312. The smallest absolute Gasteiger partial charge is 0.331 e. The van der Waals surface area contributed by atoms with E-state index in [1.807, 2.05) is 0 Å². The van der Waals surface area contributed by atoms with E-state index >= 15 is 0 Å². The number of aliphatic carboxylic acids is 1. The number of rotatable bonds is 4. The summed E-state index contributed by atoms with van der Waals surface area (Å²) in [5.74, 6) is -1.25. The van der Waals surface area contributed by atoms with Gasteiger partial charge in [0, 0.05) is 4.90 Å². The van der Waals surface area contributed by atoms with Crippen molar-refractivity contribution in [3.05, 3.63) is 29.6 Å². The molecule has 0 aliphatic heterocycles. The van der Waals surface area contributed by atoms with Crippen molar-refractivity contribution < 1.29 is 14.3 Å². The second kappa shape index (κ2) is 5.14. The van der Waals surface area contributed by atoms with Gasteiger partial charge in [0.05, 0.1) is 0 Å². The van der Waals surface area contributed by atoms with E-state index < -0.39 is 11.3 Å². The van der Waals surface area contributed by atoms with Gasteiger partial charge in [-0.2, -0.15) is 0 Å². The molecule has 5 heteroatoms. The van der Waals surface area contributed by atoms with Crippen molar-refractivity contribution in [1.29, 1.82) is 0 Å². The van der Waals surface area contributed by atoms with Gasteiger partial charge in [0.2, 0.25) is 0 Å². The molecule has 0 spiro atoms. The number of nitrogens with one attached hydrogen (secondary N) is 1. The number of carbonyl (C=O) groups is 1. The quantitative estimate of drug-likeness (QED) is 0.611. The Labute approximate surface area is 91.7 Å². The van der Waals surface area contributed by atoms with Crippen LogP contribution in [0.15, 0.2) is 23.1 Å². The third-order valence-corrected chi connectivity index (χ3v) is 3.25. The molecule has 15 heavy (non-hydrogen) atoms. The maximum absolute atomic E-state index is 12.8. The Kier molecular flexibility index (Phi) is 4.11. The first-order chi connectivity index (χ1) is 7.04. The number of carboxylic acid groups (broad SMARTS) is 1. The Morgan fingerprint density at radius 3 is 2.73 bits per heavy atom. The molecule has 1 rings (SSSR count). The summed E-state index contributed by atoms with van der Waals surface area (Å²) in [4.78, 5) is 11.5. The molecule has 0 aliphatic carbocycles. The van der Waals surface area contributed by atoms with Crippen molar-refractivity contribution in [2.24, 2.45) is 0 Å². The van der Waals surface area contributed by atoms with E-state index in [1.165, 1.54) is 12.1 Å². The standard InChI is InChI=1S/C10H12FNO2S/c1-6-5-7(11)3-4-8(6)15-9(12-2)10(13)14/h3-5,9,12H,1-2H3,(H,13,14). The van der Waals surface area contributed by atoms with Gasteiger partial charge in [0.1, 0.15) is 5.82 Å². The van der Waals surface area contributed by atoms with Gasteiger partial charge in [0.25, 0.3) is 0 Å². The van der Waals surface area contributed by atoms with Crippen LogP contribution in [0.3, 0.4) is 0 Å². The summed E-state index contributed by atoms with van der Waals surface area (Å²) >= 11 is 1.15. The summed E-state index contributed by atoms with van der Waals surface area (Å²) in [6.45, 7) is 1.75. The van der Waals surface area contributed by atoms with Crippen LogP contribution >= 0.6 is 11.8 Å². The number of hydrogen-bond acceptors (Lipinski definition) is 3. The Morgan fingerprint density at radius 2 is 2.27 bits per heavy atom. The first kappa shape index (κ1) is 12.0. The van der Waals surface area contributed by atoms with Crippen LogP contribution in [0, 0.1) is 12.7 Å². The molecule has 0 aliphatic rings. The lowest BCUT2D eigenvalue weighted by molar-refractivity contribution is -0.136. The predicted octanol–water partition coefficient (Wildman–Crippen LogP) is 1.86. The topological polar surface area (TPSA) is 49.3 Å². The minimum Gasteiger partial charge on any atom is -0.479 e. The van der Waals surface area contributed by atoms with Crippen LogP contribution in [0.4, 0.5) is 4.39 Å². The normalized spacial score (nSPS) is 12.5. The molecule has 0 aromatic heterocycles. The highest BCUT2D eigenvalue weighted by atomic mass is 32.2. The van der Waals surface area contributed by atoms with Crippen LogP contribution in [0.25, 0.3) is 0 Å². The number of aryl methyl sites for hydroxylation is 1. The number of carboxylic acids is 1. The fourth-order valence-electron chi connectivity index (χ4n) is 1.10. The highest BCUT2D eigenvalue weighted by Gasteiger charge is 2.17. The summed E-state index contributed by atoms with van der Waals surface area (Å²) in [6.07, 6.45) is 0. The zero-order chi connectivity index (χ0) is 11.4. The van der Waals surface area contributed by atoms with Crippen molar-refractivity contribution in [3.8, 4) is 0 Å². The van der Waals surface area contributed by atoms with Crippen molar-refractivity contribution >= 4 is 17.7 Å². The molecule has 0 saturated carbocycles. The molecule has 0 saturated heterocycles. The van der Waals surface area contributed by atoms with Gasteiger partial charge < -0.3 is 5.11 Å². The van der Waals surface area contributed by atoms with Gasteiger partial charge in [-0.3, -0.25) is 5.32 Å². The molecule has 0 radical (unpaired) electrons. The average molecular weight is 229 g/mol. The lowest BCUT2D eigenvalue weighted by Gasteiger charge is -2.12. The summed E-state index contributed by atoms with van der Waals surface area (Å²) < 4.78 is 12.8. The Bertz CT molecular complexity index is 370. The second-order valence-electron chi connectivity index (χ2n) is 3.03. The summed E-state index contributed by atoms with van der Waals surface area (Å²) in [7, 11) is 1.57. The minimum atomic E-state index is -0.939. The third-order valence-electron chi connectivity index (χ3n) is 1.87. The third kappa shape index (κ3) is 3.21. The van der Waals surface area contributed by atoms with Gasteiger partial charge in [0.15, 0.2) is 5.37 Å². The molecule has 82 valence electrons. The van der Waals surface area contributed by atoms with Crippen LogP contribution in [0.2, 0.25) is 0 Å². The lowest BCUT2D eigenvalue weighted by atomic mass is 10.2. The molecular formula is C10H12FNO2S. The average Bonchev–Trinajstić information content (AvgIpc) is 2.16. The van der Waals surface area contributed by atoms with E-state index in [4.69, 9.17) is 5.11 Å². The second-order valence-corrected chi connectivity index (χ2v) is 4.18. The summed E-state index contributed by atoms with van der Waals surface area (Å²) in [5.41, 5.74) is 0.738. The van der Waals surface area contributed by atoms with E-state index in [0.717, 1.165) is 22.2 Å².